The van der Waals surface area contributed by atoms with Crippen LogP contribution in [0.15, 0.2) is 36.7 Å². The second-order valence-corrected chi connectivity index (χ2v) is 8.83. The van der Waals surface area contributed by atoms with E-state index >= 15 is 0 Å². The van der Waals surface area contributed by atoms with Gasteiger partial charge in [-0.1, -0.05) is 23.7 Å². The van der Waals surface area contributed by atoms with Crippen molar-refractivity contribution in [3.8, 4) is 0 Å². The number of nitrogens with one attached hydrogen (secondary N) is 2. The van der Waals surface area contributed by atoms with Gasteiger partial charge in [0.1, 0.15) is 11.5 Å². The monoisotopic (exact) mass is 394 g/mol. The van der Waals surface area contributed by atoms with Crippen molar-refractivity contribution in [3.05, 3.63) is 52.9 Å². The first kappa shape index (κ1) is 18.6. The van der Waals surface area contributed by atoms with Gasteiger partial charge in [-0.25, -0.2) is 18.4 Å². The Morgan fingerprint density at radius 2 is 1.96 bits per heavy atom. The van der Waals surface area contributed by atoms with Crippen molar-refractivity contribution in [1.82, 2.24) is 15.3 Å². The second kappa shape index (κ2) is 8.01. The summed E-state index contributed by atoms with van der Waals surface area (Å²) in [5.74, 6) is 0.444. The maximum absolute atomic E-state index is 12.1. The number of carbonyl (C=O) groups is 1. The van der Waals surface area contributed by atoms with Gasteiger partial charge >= 0.3 is 0 Å². The molecule has 9 heteroatoms. The third kappa shape index (κ3) is 5.15. The van der Waals surface area contributed by atoms with Crippen LogP contribution in [0.25, 0.3) is 0 Å². The van der Waals surface area contributed by atoms with Crippen LogP contribution < -0.4 is 10.6 Å². The Labute approximate surface area is 157 Å². The zero-order valence-corrected chi connectivity index (χ0v) is 15.6. The van der Waals surface area contributed by atoms with E-state index in [2.05, 4.69) is 20.6 Å². The van der Waals surface area contributed by atoms with Crippen LogP contribution in [0.3, 0.4) is 0 Å². The van der Waals surface area contributed by atoms with E-state index in [1.54, 1.807) is 0 Å². The summed E-state index contributed by atoms with van der Waals surface area (Å²) in [5, 5.41) is 6.51. The highest BCUT2D eigenvalue weighted by Crippen LogP contribution is 2.15. The molecule has 1 fully saturated rings. The van der Waals surface area contributed by atoms with Gasteiger partial charge in [0, 0.05) is 17.6 Å². The molecule has 1 unspecified atom stereocenters. The summed E-state index contributed by atoms with van der Waals surface area (Å²) < 4.78 is 22.9. The van der Waals surface area contributed by atoms with Gasteiger partial charge in [-0.05, 0) is 30.5 Å². The number of sulfone groups is 1. The molecule has 1 aliphatic rings. The number of benzene rings is 1. The van der Waals surface area contributed by atoms with Crippen LogP contribution in [0.2, 0.25) is 5.02 Å². The molecule has 1 amide bonds. The number of nitrogens with zero attached hydrogens (tertiary/aromatic N) is 2. The van der Waals surface area contributed by atoms with E-state index in [-0.39, 0.29) is 29.1 Å². The first-order valence-electron chi connectivity index (χ1n) is 8.23. The minimum absolute atomic E-state index is 0.0988. The smallest absolute Gasteiger partial charge is 0.271 e. The molecule has 1 saturated heterocycles. The van der Waals surface area contributed by atoms with E-state index in [4.69, 9.17) is 11.6 Å². The Bertz CT molecular complexity index is 870. The largest absolute Gasteiger partial charge is 0.365 e. The molecule has 2 N–H and O–H groups in total. The van der Waals surface area contributed by atoms with Crippen molar-refractivity contribution >= 4 is 33.2 Å². The lowest BCUT2D eigenvalue weighted by atomic mass is 10.1. The van der Waals surface area contributed by atoms with E-state index in [9.17, 15) is 13.2 Å². The molecule has 1 atom stereocenters. The first-order chi connectivity index (χ1) is 12.4. The number of hydrogen-bond donors (Lipinski definition) is 2. The minimum Gasteiger partial charge on any atom is -0.365 e. The summed E-state index contributed by atoms with van der Waals surface area (Å²) >= 11 is 5.84. The molecule has 2 aromatic rings. The molecule has 3 rings (SSSR count). The maximum atomic E-state index is 12.1. The molecule has 0 saturated carbocycles. The lowest BCUT2D eigenvalue weighted by molar-refractivity contribution is 0.0949. The van der Waals surface area contributed by atoms with Crippen molar-refractivity contribution in [2.75, 3.05) is 23.4 Å². The van der Waals surface area contributed by atoms with Gasteiger partial charge < -0.3 is 10.6 Å². The summed E-state index contributed by atoms with van der Waals surface area (Å²) in [6.07, 6.45) is 4.06. The highest BCUT2D eigenvalue weighted by Gasteiger charge is 2.27. The molecular formula is C17H19ClN4O3S. The molecule has 0 spiro atoms. The number of hydrogen-bond acceptors (Lipinski definition) is 6. The van der Waals surface area contributed by atoms with Gasteiger partial charge in [0.2, 0.25) is 0 Å². The number of aromatic nitrogens is 2. The molecule has 1 aromatic carbocycles. The average Bonchev–Trinajstić information content (AvgIpc) is 2.96. The fourth-order valence-electron chi connectivity index (χ4n) is 2.70. The Kier molecular flexibility index (Phi) is 5.73. The lowest BCUT2D eigenvalue weighted by Gasteiger charge is -2.11. The fourth-order valence-corrected chi connectivity index (χ4v) is 4.50. The van der Waals surface area contributed by atoms with Gasteiger partial charge in [0.25, 0.3) is 5.91 Å². The summed E-state index contributed by atoms with van der Waals surface area (Å²) in [6.45, 7) is 0.474. The van der Waals surface area contributed by atoms with Crippen molar-refractivity contribution in [2.45, 2.75) is 18.9 Å². The van der Waals surface area contributed by atoms with Crippen LogP contribution >= 0.6 is 11.6 Å². The van der Waals surface area contributed by atoms with E-state index in [1.807, 2.05) is 24.3 Å². The van der Waals surface area contributed by atoms with Gasteiger partial charge in [-0.3, -0.25) is 4.79 Å². The van der Waals surface area contributed by atoms with Gasteiger partial charge in [0.15, 0.2) is 9.84 Å². The highest BCUT2D eigenvalue weighted by atomic mass is 35.5. The van der Waals surface area contributed by atoms with Gasteiger partial charge in [0.05, 0.1) is 23.9 Å². The molecule has 7 nitrogen and oxygen atoms in total. The molecular weight excluding hydrogens is 376 g/mol. The Morgan fingerprint density at radius 3 is 2.58 bits per heavy atom. The lowest BCUT2D eigenvalue weighted by Crippen LogP contribution is -2.27. The molecule has 0 bridgehead atoms. The van der Waals surface area contributed by atoms with E-state index in [0.29, 0.717) is 30.2 Å². The number of anilines is 1. The predicted octanol–water partition coefficient (Wildman–Crippen LogP) is 1.70. The number of halogens is 1. The summed E-state index contributed by atoms with van der Waals surface area (Å²) in [4.78, 5) is 20.3. The quantitative estimate of drug-likeness (QED) is 0.773. The SMILES string of the molecule is O=C(NCCc1ccc(Cl)cc1)c1cnc(NC2CCS(=O)(=O)C2)cn1. The first-order valence-corrected chi connectivity index (χ1v) is 10.4. The molecule has 138 valence electrons. The Balaban J connectivity index is 1.48. The van der Waals surface area contributed by atoms with Crippen LogP contribution in [0, 0.1) is 0 Å². The Morgan fingerprint density at radius 1 is 1.19 bits per heavy atom. The van der Waals surface area contributed by atoms with Crippen LogP contribution in [-0.2, 0) is 16.3 Å². The Hall–Kier alpha value is -2.19. The van der Waals surface area contributed by atoms with Crippen LogP contribution in [0.1, 0.15) is 22.5 Å². The highest BCUT2D eigenvalue weighted by molar-refractivity contribution is 7.91. The van der Waals surface area contributed by atoms with Gasteiger partial charge in [-0.2, -0.15) is 0 Å². The van der Waals surface area contributed by atoms with E-state index in [1.165, 1.54) is 12.4 Å². The van der Waals surface area contributed by atoms with Crippen LogP contribution in [-0.4, -0.2) is 48.4 Å². The zero-order valence-electron chi connectivity index (χ0n) is 14.0. The van der Waals surface area contributed by atoms with Crippen molar-refractivity contribution < 1.29 is 13.2 Å². The number of amides is 1. The third-order valence-corrected chi connectivity index (χ3v) is 6.10. The normalized spacial score (nSPS) is 18.4. The van der Waals surface area contributed by atoms with E-state index in [0.717, 1.165) is 5.56 Å². The standard InChI is InChI=1S/C17H19ClN4O3S/c18-13-3-1-12(2-4-13)5-7-19-17(23)15-9-21-16(10-20-15)22-14-6-8-26(24,25)11-14/h1-4,9-10,14H,5-8,11H2,(H,19,23)(H,21,22). The molecule has 2 heterocycles. The molecule has 0 aliphatic carbocycles. The van der Waals surface area contributed by atoms with Crippen molar-refractivity contribution in [2.24, 2.45) is 0 Å². The average molecular weight is 395 g/mol. The van der Waals surface area contributed by atoms with Crippen molar-refractivity contribution in [1.29, 1.82) is 0 Å². The van der Waals surface area contributed by atoms with Crippen molar-refractivity contribution in [3.63, 3.8) is 0 Å². The summed E-state index contributed by atoms with van der Waals surface area (Å²) in [6, 6.07) is 7.29. The fraction of sp³-hybridized carbons (Fsp3) is 0.353. The molecule has 1 aromatic heterocycles. The third-order valence-electron chi connectivity index (χ3n) is 4.08. The molecule has 26 heavy (non-hydrogen) atoms. The van der Waals surface area contributed by atoms with Gasteiger partial charge in [-0.15, -0.1) is 0 Å². The predicted molar refractivity (Wildman–Crippen MR) is 100 cm³/mol. The molecule has 0 radical (unpaired) electrons. The van der Waals surface area contributed by atoms with Crippen LogP contribution in [0.5, 0.6) is 0 Å². The summed E-state index contributed by atoms with van der Waals surface area (Å²) in [5.41, 5.74) is 1.29. The number of rotatable bonds is 6. The minimum atomic E-state index is -2.95. The van der Waals surface area contributed by atoms with E-state index < -0.39 is 9.84 Å². The zero-order chi connectivity index (χ0) is 18.6. The molecule has 1 aliphatic heterocycles. The van der Waals surface area contributed by atoms with Crippen LogP contribution in [0.4, 0.5) is 5.82 Å². The maximum Gasteiger partial charge on any atom is 0.271 e. The second-order valence-electron chi connectivity index (χ2n) is 6.16. The topological polar surface area (TPSA) is 101 Å². The number of carbonyl (C=O) groups excluding carboxylic acids is 1. The summed E-state index contributed by atoms with van der Waals surface area (Å²) in [7, 11) is -2.95.